The third-order valence-corrected chi connectivity index (χ3v) is 3.84. The maximum atomic E-state index is 12.3. The molecule has 1 aliphatic heterocycles. The molecule has 5 nitrogen and oxygen atoms in total. The zero-order chi connectivity index (χ0) is 14.7. The number of carbonyl (C=O) groups is 2. The fourth-order valence-electron chi connectivity index (χ4n) is 2.53. The maximum Gasteiger partial charge on any atom is 0.303 e. The van der Waals surface area contributed by atoms with Crippen LogP contribution in [0.2, 0.25) is 0 Å². The molecule has 0 bridgehead atoms. The van der Waals surface area contributed by atoms with Gasteiger partial charge in [0.1, 0.15) is 0 Å². The summed E-state index contributed by atoms with van der Waals surface area (Å²) in [6.45, 7) is 2.87. The van der Waals surface area contributed by atoms with Crippen molar-refractivity contribution in [2.45, 2.75) is 19.4 Å². The lowest BCUT2D eigenvalue weighted by Crippen LogP contribution is -2.53. The molecule has 2 unspecified atom stereocenters. The van der Waals surface area contributed by atoms with E-state index in [4.69, 9.17) is 10.8 Å². The molecule has 0 aromatic heterocycles. The van der Waals surface area contributed by atoms with Crippen molar-refractivity contribution in [3.63, 3.8) is 0 Å². The predicted octanol–water partition coefficient (Wildman–Crippen LogP) is 1.26. The lowest BCUT2D eigenvalue weighted by molar-refractivity contribution is -0.147. The van der Waals surface area contributed by atoms with Gasteiger partial charge >= 0.3 is 5.97 Å². The Labute approximate surface area is 118 Å². The minimum absolute atomic E-state index is 0.00277. The first-order valence-electron chi connectivity index (χ1n) is 6.80. The van der Waals surface area contributed by atoms with Crippen LogP contribution in [-0.4, -0.2) is 35.0 Å². The summed E-state index contributed by atoms with van der Waals surface area (Å²) in [5, 5.41) is 8.70. The van der Waals surface area contributed by atoms with Crippen molar-refractivity contribution in [3.8, 4) is 0 Å². The van der Waals surface area contributed by atoms with Gasteiger partial charge in [-0.25, -0.2) is 0 Å². The smallest absolute Gasteiger partial charge is 0.303 e. The summed E-state index contributed by atoms with van der Waals surface area (Å²) in [5.74, 6) is -1.03. The molecule has 1 aromatic carbocycles. The summed E-state index contributed by atoms with van der Waals surface area (Å²) in [6.07, 6.45) is 0.128. The molecule has 1 aliphatic rings. The first-order valence-corrected chi connectivity index (χ1v) is 6.80. The SMILES string of the molecule is CC(C(=O)N1CC(CC(=O)O)C1)C(N)c1ccccc1. The van der Waals surface area contributed by atoms with Crippen molar-refractivity contribution >= 4 is 11.9 Å². The van der Waals surface area contributed by atoms with Crippen LogP contribution in [0.25, 0.3) is 0 Å². The molecule has 1 aromatic rings. The van der Waals surface area contributed by atoms with Crippen molar-refractivity contribution in [1.82, 2.24) is 4.90 Å². The second-order valence-corrected chi connectivity index (χ2v) is 5.43. The molecule has 0 saturated carbocycles. The van der Waals surface area contributed by atoms with Crippen molar-refractivity contribution in [1.29, 1.82) is 0 Å². The normalized spacial score (nSPS) is 18.2. The minimum atomic E-state index is -0.809. The van der Waals surface area contributed by atoms with E-state index in [0.29, 0.717) is 13.1 Å². The van der Waals surface area contributed by atoms with E-state index >= 15 is 0 Å². The number of benzene rings is 1. The van der Waals surface area contributed by atoms with Crippen LogP contribution in [-0.2, 0) is 9.59 Å². The number of nitrogens with two attached hydrogens (primary N) is 1. The average molecular weight is 276 g/mol. The second kappa shape index (κ2) is 6.05. The van der Waals surface area contributed by atoms with E-state index in [1.165, 1.54) is 0 Å². The summed E-state index contributed by atoms with van der Waals surface area (Å²) in [6, 6.07) is 9.21. The lowest BCUT2D eigenvalue weighted by Gasteiger charge is -2.40. The topological polar surface area (TPSA) is 83.6 Å². The highest BCUT2D eigenvalue weighted by atomic mass is 16.4. The highest BCUT2D eigenvalue weighted by Crippen LogP contribution is 2.26. The molecule has 2 rings (SSSR count). The molecule has 108 valence electrons. The van der Waals surface area contributed by atoms with Gasteiger partial charge in [-0.15, -0.1) is 0 Å². The Hall–Kier alpha value is -1.88. The third-order valence-electron chi connectivity index (χ3n) is 3.84. The molecule has 0 aliphatic carbocycles. The number of carboxylic acid groups (broad SMARTS) is 1. The molecule has 0 radical (unpaired) electrons. The van der Waals surface area contributed by atoms with Crippen LogP contribution >= 0.6 is 0 Å². The number of carboxylic acids is 1. The number of carbonyl (C=O) groups excluding carboxylic acids is 1. The number of aliphatic carboxylic acids is 1. The second-order valence-electron chi connectivity index (χ2n) is 5.43. The van der Waals surface area contributed by atoms with Gasteiger partial charge in [-0.3, -0.25) is 9.59 Å². The van der Waals surface area contributed by atoms with E-state index in [-0.39, 0.29) is 30.2 Å². The summed E-state index contributed by atoms with van der Waals surface area (Å²) in [5.41, 5.74) is 7.07. The molecule has 1 fully saturated rings. The van der Waals surface area contributed by atoms with Crippen molar-refractivity contribution in [3.05, 3.63) is 35.9 Å². The molecular formula is C15H20N2O3. The van der Waals surface area contributed by atoms with Gasteiger partial charge in [0, 0.05) is 25.0 Å². The van der Waals surface area contributed by atoms with Crippen LogP contribution in [0.15, 0.2) is 30.3 Å². The molecule has 20 heavy (non-hydrogen) atoms. The van der Waals surface area contributed by atoms with Gasteiger partial charge in [0.2, 0.25) is 5.91 Å². The molecular weight excluding hydrogens is 256 g/mol. The Kier molecular flexibility index (Phi) is 4.39. The van der Waals surface area contributed by atoms with Crippen LogP contribution in [0.3, 0.4) is 0 Å². The number of nitrogens with zero attached hydrogens (tertiary/aromatic N) is 1. The van der Waals surface area contributed by atoms with E-state index in [2.05, 4.69) is 0 Å². The van der Waals surface area contributed by atoms with Crippen LogP contribution in [0.5, 0.6) is 0 Å². The van der Waals surface area contributed by atoms with E-state index in [0.717, 1.165) is 5.56 Å². The highest BCUT2D eigenvalue weighted by molar-refractivity contribution is 5.80. The van der Waals surface area contributed by atoms with Gasteiger partial charge in [-0.05, 0) is 5.56 Å². The third kappa shape index (κ3) is 3.17. The van der Waals surface area contributed by atoms with Gasteiger partial charge in [-0.2, -0.15) is 0 Å². The van der Waals surface area contributed by atoms with E-state index in [9.17, 15) is 9.59 Å². The van der Waals surface area contributed by atoms with E-state index in [1.807, 2.05) is 37.3 Å². The molecule has 1 saturated heterocycles. The predicted molar refractivity (Wildman–Crippen MR) is 74.9 cm³/mol. The largest absolute Gasteiger partial charge is 0.481 e. The Morgan fingerprint density at radius 1 is 1.35 bits per heavy atom. The summed E-state index contributed by atoms with van der Waals surface area (Å²) in [4.78, 5) is 24.5. The average Bonchev–Trinajstić information content (AvgIpc) is 2.40. The fraction of sp³-hybridized carbons (Fsp3) is 0.467. The van der Waals surface area contributed by atoms with Crippen molar-refractivity contribution < 1.29 is 14.7 Å². The Morgan fingerprint density at radius 2 is 1.95 bits per heavy atom. The zero-order valence-electron chi connectivity index (χ0n) is 11.5. The molecule has 5 heteroatoms. The van der Waals surface area contributed by atoms with Gasteiger partial charge in [0.25, 0.3) is 0 Å². The van der Waals surface area contributed by atoms with Crippen molar-refractivity contribution in [2.75, 3.05) is 13.1 Å². The summed E-state index contributed by atoms with van der Waals surface area (Å²) >= 11 is 0. The number of rotatable bonds is 5. The van der Waals surface area contributed by atoms with E-state index < -0.39 is 5.97 Å². The maximum absolute atomic E-state index is 12.3. The monoisotopic (exact) mass is 276 g/mol. The molecule has 3 N–H and O–H groups in total. The van der Waals surface area contributed by atoms with Crippen molar-refractivity contribution in [2.24, 2.45) is 17.6 Å². The number of hydrogen-bond acceptors (Lipinski definition) is 3. The highest BCUT2D eigenvalue weighted by Gasteiger charge is 2.35. The number of amides is 1. The Morgan fingerprint density at radius 3 is 2.50 bits per heavy atom. The van der Waals surface area contributed by atoms with Gasteiger partial charge < -0.3 is 15.7 Å². The van der Waals surface area contributed by atoms with Gasteiger partial charge in [0.05, 0.1) is 12.3 Å². The molecule has 2 atom stereocenters. The first-order chi connectivity index (χ1) is 9.49. The first kappa shape index (κ1) is 14.5. The van der Waals surface area contributed by atoms with Crippen LogP contribution < -0.4 is 5.73 Å². The van der Waals surface area contributed by atoms with E-state index in [1.54, 1.807) is 4.90 Å². The molecule has 0 spiro atoms. The quantitative estimate of drug-likeness (QED) is 0.848. The standard InChI is InChI=1S/C15H20N2O3/c1-10(14(16)12-5-3-2-4-6-12)15(20)17-8-11(9-17)7-13(18)19/h2-6,10-11,14H,7-9,16H2,1H3,(H,18,19). The summed E-state index contributed by atoms with van der Waals surface area (Å²) < 4.78 is 0. The molecule has 1 heterocycles. The summed E-state index contributed by atoms with van der Waals surface area (Å²) in [7, 11) is 0. The van der Waals surface area contributed by atoms with Crippen LogP contribution in [0.4, 0.5) is 0 Å². The van der Waals surface area contributed by atoms with Gasteiger partial charge in [0.15, 0.2) is 0 Å². The molecule has 1 amide bonds. The zero-order valence-corrected chi connectivity index (χ0v) is 11.5. The lowest BCUT2D eigenvalue weighted by atomic mass is 9.90. The van der Waals surface area contributed by atoms with Crippen LogP contribution in [0.1, 0.15) is 24.9 Å². The van der Waals surface area contributed by atoms with Gasteiger partial charge in [-0.1, -0.05) is 37.3 Å². The van der Waals surface area contributed by atoms with Crippen LogP contribution in [0, 0.1) is 11.8 Å². The fourth-order valence-corrected chi connectivity index (χ4v) is 2.53. The number of likely N-dealkylation sites (tertiary alicyclic amines) is 1. The Bertz CT molecular complexity index is 483. The number of hydrogen-bond donors (Lipinski definition) is 2. The minimum Gasteiger partial charge on any atom is -0.481 e. The Balaban J connectivity index is 1.89.